The fourth-order valence-electron chi connectivity index (χ4n) is 1.77. The standard InChI is InChI=1S/C17H14BrClN2OS/c1-11-2-8-15(14(18)10-11)20-17(23)21-16(22)9-5-12-3-6-13(19)7-4-12/h2-10H,1H3,(H2,20,21,22,23)/b9-5+. The van der Waals surface area contributed by atoms with Crippen LogP contribution in [0, 0.1) is 6.92 Å². The highest BCUT2D eigenvalue weighted by atomic mass is 79.9. The first-order valence-corrected chi connectivity index (χ1v) is 8.34. The average Bonchev–Trinajstić information content (AvgIpc) is 2.49. The number of aryl methyl sites for hydroxylation is 1. The van der Waals surface area contributed by atoms with Crippen molar-refractivity contribution < 1.29 is 4.79 Å². The van der Waals surface area contributed by atoms with Gasteiger partial charge in [-0.05, 0) is 76.5 Å². The zero-order valence-corrected chi connectivity index (χ0v) is 15.4. The summed E-state index contributed by atoms with van der Waals surface area (Å²) in [6.45, 7) is 2.00. The summed E-state index contributed by atoms with van der Waals surface area (Å²) in [5, 5.41) is 6.46. The van der Waals surface area contributed by atoms with Gasteiger partial charge in [-0.2, -0.15) is 0 Å². The predicted octanol–water partition coefficient (Wildman–Crippen LogP) is 4.94. The van der Waals surface area contributed by atoms with Crippen LogP contribution in [-0.2, 0) is 4.79 Å². The van der Waals surface area contributed by atoms with E-state index in [0.717, 1.165) is 21.3 Å². The predicted molar refractivity (Wildman–Crippen MR) is 104 cm³/mol. The van der Waals surface area contributed by atoms with E-state index in [4.69, 9.17) is 23.8 Å². The highest BCUT2D eigenvalue weighted by Gasteiger charge is 2.04. The molecule has 3 nitrogen and oxygen atoms in total. The molecule has 0 radical (unpaired) electrons. The van der Waals surface area contributed by atoms with Crippen molar-refractivity contribution >= 4 is 62.5 Å². The summed E-state index contributed by atoms with van der Waals surface area (Å²) < 4.78 is 0.880. The van der Waals surface area contributed by atoms with Gasteiger partial charge in [0.25, 0.3) is 0 Å². The molecule has 0 spiro atoms. The third kappa shape index (κ3) is 5.78. The molecule has 118 valence electrons. The Morgan fingerprint density at radius 3 is 2.57 bits per heavy atom. The number of benzene rings is 2. The monoisotopic (exact) mass is 408 g/mol. The number of amides is 1. The lowest BCUT2D eigenvalue weighted by Crippen LogP contribution is -2.32. The van der Waals surface area contributed by atoms with Gasteiger partial charge in [-0.15, -0.1) is 0 Å². The zero-order chi connectivity index (χ0) is 16.8. The maximum absolute atomic E-state index is 11.9. The number of hydrogen-bond acceptors (Lipinski definition) is 2. The maximum atomic E-state index is 11.9. The summed E-state index contributed by atoms with van der Waals surface area (Å²) in [5.41, 5.74) is 2.80. The smallest absolute Gasteiger partial charge is 0.250 e. The fourth-order valence-corrected chi connectivity index (χ4v) is 2.70. The minimum atomic E-state index is -0.305. The first-order valence-electron chi connectivity index (χ1n) is 6.76. The summed E-state index contributed by atoms with van der Waals surface area (Å²) in [6, 6.07) is 13.0. The van der Waals surface area contributed by atoms with E-state index in [1.54, 1.807) is 18.2 Å². The number of thiocarbonyl (C=S) groups is 1. The van der Waals surface area contributed by atoms with E-state index in [1.807, 2.05) is 37.3 Å². The lowest BCUT2D eigenvalue weighted by Gasteiger charge is -2.10. The van der Waals surface area contributed by atoms with Crippen molar-refractivity contribution in [3.05, 3.63) is 69.2 Å². The Morgan fingerprint density at radius 2 is 1.91 bits per heavy atom. The van der Waals surface area contributed by atoms with Crippen LogP contribution in [0.3, 0.4) is 0 Å². The van der Waals surface area contributed by atoms with Gasteiger partial charge in [0, 0.05) is 15.6 Å². The molecule has 0 aliphatic carbocycles. The minimum absolute atomic E-state index is 0.236. The zero-order valence-electron chi connectivity index (χ0n) is 12.3. The van der Waals surface area contributed by atoms with E-state index in [9.17, 15) is 4.79 Å². The van der Waals surface area contributed by atoms with Crippen LogP contribution in [0.2, 0.25) is 5.02 Å². The van der Waals surface area contributed by atoms with Crippen molar-refractivity contribution in [1.82, 2.24) is 5.32 Å². The third-order valence-corrected chi connectivity index (χ3v) is 4.02. The lowest BCUT2D eigenvalue weighted by atomic mass is 10.2. The molecule has 23 heavy (non-hydrogen) atoms. The SMILES string of the molecule is Cc1ccc(NC(=S)NC(=O)/C=C/c2ccc(Cl)cc2)c(Br)c1. The fraction of sp³-hybridized carbons (Fsp3) is 0.0588. The molecule has 2 aromatic carbocycles. The summed E-state index contributed by atoms with van der Waals surface area (Å²) in [6.07, 6.45) is 3.11. The summed E-state index contributed by atoms with van der Waals surface area (Å²) >= 11 is 14.4. The van der Waals surface area contributed by atoms with Gasteiger partial charge < -0.3 is 5.32 Å². The summed E-state index contributed by atoms with van der Waals surface area (Å²) in [5.74, 6) is -0.305. The number of carbonyl (C=O) groups excluding carboxylic acids is 1. The van der Waals surface area contributed by atoms with Gasteiger partial charge in [0.15, 0.2) is 5.11 Å². The van der Waals surface area contributed by atoms with Crippen LogP contribution >= 0.6 is 39.7 Å². The topological polar surface area (TPSA) is 41.1 Å². The van der Waals surface area contributed by atoms with Crippen LogP contribution in [-0.4, -0.2) is 11.0 Å². The summed E-state index contributed by atoms with van der Waals surface area (Å²) in [4.78, 5) is 11.9. The van der Waals surface area contributed by atoms with Crippen molar-refractivity contribution in [2.45, 2.75) is 6.92 Å². The normalized spacial score (nSPS) is 10.6. The van der Waals surface area contributed by atoms with E-state index in [0.29, 0.717) is 5.02 Å². The number of hydrogen-bond donors (Lipinski definition) is 2. The molecule has 0 bridgehead atoms. The van der Waals surface area contributed by atoms with Crippen molar-refractivity contribution in [2.24, 2.45) is 0 Å². The molecule has 2 aromatic rings. The molecular formula is C17H14BrClN2OS. The molecule has 0 saturated carbocycles. The van der Waals surface area contributed by atoms with Crippen molar-refractivity contribution in [3.8, 4) is 0 Å². The van der Waals surface area contributed by atoms with Crippen LogP contribution in [0.4, 0.5) is 5.69 Å². The largest absolute Gasteiger partial charge is 0.331 e. The van der Waals surface area contributed by atoms with Gasteiger partial charge in [-0.25, -0.2) is 0 Å². The first-order chi connectivity index (χ1) is 10.9. The van der Waals surface area contributed by atoms with Crippen LogP contribution in [0.15, 0.2) is 53.0 Å². The molecule has 0 aromatic heterocycles. The van der Waals surface area contributed by atoms with Gasteiger partial charge in [-0.1, -0.05) is 29.8 Å². The Morgan fingerprint density at radius 1 is 1.22 bits per heavy atom. The highest BCUT2D eigenvalue weighted by Crippen LogP contribution is 2.23. The van der Waals surface area contributed by atoms with Crippen LogP contribution in [0.25, 0.3) is 6.08 Å². The van der Waals surface area contributed by atoms with Gasteiger partial charge in [0.2, 0.25) is 5.91 Å². The number of carbonyl (C=O) groups is 1. The van der Waals surface area contributed by atoms with Crippen LogP contribution in [0.1, 0.15) is 11.1 Å². The molecule has 2 N–H and O–H groups in total. The molecule has 0 fully saturated rings. The van der Waals surface area contributed by atoms with Crippen molar-refractivity contribution in [3.63, 3.8) is 0 Å². The Bertz CT molecular complexity index is 760. The van der Waals surface area contributed by atoms with Gasteiger partial charge >= 0.3 is 0 Å². The minimum Gasteiger partial charge on any atom is -0.331 e. The molecular weight excluding hydrogens is 396 g/mol. The van der Waals surface area contributed by atoms with Crippen molar-refractivity contribution in [2.75, 3.05) is 5.32 Å². The quantitative estimate of drug-likeness (QED) is 0.557. The molecule has 0 saturated heterocycles. The number of rotatable bonds is 3. The molecule has 0 aliphatic heterocycles. The highest BCUT2D eigenvalue weighted by molar-refractivity contribution is 9.10. The Hall–Kier alpha value is -1.69. The number of nitrogens with one attached hydrogen (secondary N) is 2. The van der Waals surface area contributed by atoms with Gasteiger partial charge in [0.1, 0.15) is 0 Å². The first kappa shape index (κ1) is 17.7. The second kappa shape index (κ2) is 8.24. The maximum Gasteiger partial charge on any atom is 0.250 e. The van der Waals surface area contributed by atoms with Gasteiger partial charge in [0.05, 0.1) is 5.69 Å². The van der Waals surface area contributed by atoms with Crippen LogP contribution in [0.5, 0.6) is 0 Å². The lowest BCUT2D eigenvalue weighted by molar-refractivity contribution is -0.115. The molecule has 0 heterocycles. The molecule has 0 aliphatic rings. The molecule has 6 heteroatoms. The molecule has 0 unspecified atom stereocenters. The number of anilines is 1. The molecule has 2 rings (SSSR count). The van der Waals surface area contributed by atoms with Crippen LogP contribution < -0.4 is 10.6 Å². The Kier molecular flexibility index (Phi) is 6.33. The van der Waals surface area contributed by atoms with E-state index in [2.05, 4.69) is 26.6 Å². The second-order valence-electron chi connectivity index (χ2n) is 4.81. The Balaban J connectivity index is 1.91. The summed E-state index contributed by atoms with van der Waals surface area (Å²) in [7, 11) is 0. The number of halogens is 2. The molecule has 0 atom stereocenters. The van der Waals surface area contributed by atoms with E-state index >= 15 is 0 Å². The van der Waals surface area contributed by atoms with E-state index in [-0.39, 0.29) is 11.0 Å². The Labute approximate surface area is 153 Å². The average molecular weight is 410 g/mol. The second-order valence-corrected chi connectivity index (χ2v) is 6.51. The van der Waals surface area contributed by atoms with Gasteiger partial charge in [-0.3, -0.25) is 10.1 Å². The third-order valence-electron chi connectivity index (χ3n) is 2.91. The van der Waals surface area contributed by atoms with Crippen molar-refractivity contribution in [1.29, 1.82) is 0 Å². The van der Waals surface area contributed by atoms with E-state index in [1.165, 1.54) is 6.08 Å². The molecule has 1 amide bonds. The van der Waals surface area contributed by atoms with E-state index < -0.39 is 0 Å².